The molecule has 2 atom stereocenters. The first-order valence-corrected chi connectivity index (χ1v) is 12.7. The molecule has 0 spiro atoms. The van der Waals surface area contributed by atoms with Gasteiger partial charge in [0.1, 0.15) is 5.84 Å². The van der Waals surface area contributed by atoms with E-state index in [4.69, 9.17) is 9.99 Å². The van der Waals surface area contributed by atoms with Crippen molar-refractivity contribution in [2.75, 3.05) is 6.54 Å². The van der Waals surface area contributed by atoms with E-state index in [1.807, 2.05) is 25.1 Å². The lowest BCUT2D eigenvalue weighted by Crippen LogP contribution is -2.35. The molecule has 186 valence electrons. The number of rotatable bonds is 9. The van der Waals surface area contributed by atoms with Crippen molar-refractivity contribution in [3.63, 3.8) is 0 Å². The molecule has 0 amide bonds. The van der Waals surface area contributed by atoms with Crippen LogP contribution >= 0.6 is 0 Å². The molecule has 0 unspecified atom stereocenters. The Bertz CT molecular complexity index is 1260. The van der Waals surface area contributed by atoms with E-state index >= 15 is 0 Å². The number of nitrogens with zero attached hydrogens (tertiary/aromatic N) is 4. The van der Waals surface area contributed by atoms with Crippen molar-refractivity contribution in [1.29, 1.82) is 0 Å². The zero-order valence-electron chi connectivity index (χ0n) is 21.9. The number of fused-ring (bicyclic) bond motifs is 1. The summed E-state index contributed by atoms with van der Waals surface area (Å²) in [6, 6.07) is 12.8. The summed E-state index contributed by atoms with van der Waals surface area (Å²) in [4.78, 5) is 17.1. The fourth-order valence-corrected chi connectivity index (χ4v) is 5.22. The highest BCUT2D eigenvalue weighted by Gasteiger charge is 2.36. The number of aromatic nitrogens is 1. The summed E-state index contributed by atoms with van der Waals surface area (Å²) in [5.41, 5.74) is 8.48. The highest BCUT2D eigenvalue weighted by atomic mass is 16.6. The lowest BCUT2D eigenvalue weighted by Gasteiger charge is -2.37. The first-order chi connectivity index (χ1) is 17.4. The van der Waals surface area contributed by atoms with Crippen molar-refractivity contribution >= 4 is 23.1 Å². The second kappa shape index (κ2) is 10.9. The first-order valence-electron chi connectivity index (χ1n) is 12.7. The standard InChI is InChI=1S/C31H36N4O/c1-7-18-31(9-3,20-23(5)25-14-12-22(4)13-15-25)29-17-16-26(36-34-29)21-35-24(6)33-30-27(28(35)8-2)11-10-19-32-30/h7,10-16,19,23H,1-2,9,17-18,20-21H2,3-6H3/t23-,31-/m1/s1. The molecule has 3 heterocycles. The van der Waals surface area contributed by atoms with Crippen molar-refractivity contribution in [3.05, 3.63) is 96.1 Å². The molecule has 5 nitrogen and oxygen atoms in total. The molecular formula is C31H36N4O. The second-order valence-electron chi connectivity index (χ2n) is 9.79. The number of hydrogen-bond donors (Lipinski definition) is 0. The minimum absolute atomic E-state index is 0.0899. The van der Waals surface area contributed by atoms with Crippen LogP contribution in [0.1, 0.15) is 69.1 Å². The van der Waals surface area contributed by atoms with Gasteiger partial charge in [0.15, 0.2) is 11.6 Å². The van der Waals surface area contributed by atoms with E-state index in [2.05, 4.69) is 84.9 Å². The Morgan fingerprint density at radius 2 is 2.00 bits per heavy atom. The minimum Gasteiger partial charge on any atom is -0.360 e. The number of oxime groups is 1. The van der Waals surface area contributed by atoms with Gasteiger partial charge < -0.3 is 9.74 Å². The molecule has 0 saturated carbocycles. The Kier molecular flexibility index (Phi) is 7.71. The van der Waals surface area contributed by atoms with Gasteiger partial charge in [0.25, 0.3) is 0 Å². The van der Waals surface area contributed by atoms with Crippen LogP contribution in [0.15, 0.2) is 89.5 Å². The molecule has 1 aromatic carbocycles. The largest absolute Gasteiger partial charge is 0.360 e. The molecule has 2 aliphatic heterocycles. The molecule has 0 saturated heterocycles. The molecule has 0 aliphatic carbocycles. The Morgan fingerprint density at radius 1 is 1.22 bits per heavy atom. The highest BCUT2D eigenvalue weighted by Crippen LogP contribution is 2.42. The van der Waals surface area contributed by atoms with E-state index in [9.17, 15) is 0 Å². The van der Waals surface area contributed by atoms with Crippen LogP contribution in [0.2, 0.25) is 0 Å². The Balaban J connectivity index is 1.51. The zero-order chi connectivity index (χ0) is 25.7. The molecule has 1 aromatic heterocycles. The molecule has 2 aliphatic rings. The topological polar surface area (TPSA) is 50.1 Å². The van der Waals surface area contributed by atoms with E-state index in [-0.39, 0.29) is 5.41 Å². The van der Waals surface area contributed by atoms with Gasteiger partial charge in [-0.15, -0.1) is 12.3 Å². The van der Waals surface area contributed by atoms with Gasteiger partial charge in [-0.1, -0.05) is 61.5 Å². The third-order valence-corrected chi connectivity index (χ3v) is 7.41. The van der Waals surface area contributed by atoms with Gasteiger partial charge >= 0.3 is 0 Å². The summed E-state index contributed by atoms with van der Waals surface area (Å²) >= 11 is 0. The summed E-state index contributed by atoms with van der Waals surface area (Å²) in [6.07, 6.45) is 9.52. The lowest BCUT2D eigenvalue weighted by molar-refractivity contribution is 0.194. The van der Waals surface area contributed by atoms with Crippen LogP contribution in [-0.4, -0.2) is 28.0 Å². The predicted octanol–water partition coefficient (Wildman–Crippen LogP) is 7.71. The number of hydrogen-bond acceptors (Lipinski definition) is 5. The van der Waals surface area contributed by atoms with Crippen LogP contribution < -0.4 is 0 Å². The summed E-state index contributed by atoms with van der Waals surface area (Å²) in [5.74, 6) is 2.72. The molecule has 2 aromatic rings. The number of amidine groups is 1. The third-order valence-electron chi connectivity index (χ3n) is 7.41. The SMILES string of the molecule is C=C=C1c2cccnc2N=C(C)N1CC1=CCC([C@](CC)(CC=C)C[C@@H](C)c2ccc(C)cc2)=NO1. The van der Waals surface area contributed by atoms with Crippen LogP contribution in [-0.2, 0) is 4.84 Å². The first kappa shape index (κ1) is 25.4. The van der Waals surface area contributed by atoms with E-state index in [0.29, 0.717) is 18.3 Å². The molecule has 0 radical (unpaired) electrons. The van der Waals surface area contributed by atoms with E-state index < -0.39 is 0 Å². The van der Waals surface area contributed by atoms with E-state index in [0.717, 1.165) is 54.3 Å². The molecule has 0 fully saturated rings. The maximum atomic E-state index is 6.02. The lowest BCUT2D eigenvalue weighted by atomic mass is 9.69. The van der Waals surface area contributed by atoms with Crippen LogP contribution in [0, 0.1) is 12.3 Å². The fraction of sp³-hybridized carbons (Fsp3) is 0.355. The Hall–Kier alpha value is -3.69. The predicted molar refractivity (Wildman–Crippen MR) is 149 cm³/mol. The van der Waals surface area contributed by atoms with Gasteiger partial charge in [-0.05, 0) is 62.8 Å². The molecule has 5 heteroatoms. The Morgan fingerprint density at radius 3 is 2.64 bits per heavy atom. The van der Waals surface area contributed by atoms with Crippen molar-refractivity contribution in [2.45, 2.75) is 59.3 Å². The van der Waals surface area contributed by atoms with E-state index in [1.165, 1.54) is 11.1 Å². The van der Waals surface area contributed by atoms with Crippen molar-refractivity contribution in [1.82, 2.24) is 9.88 Å². The number of aryl methyl sites for hydroxylation is 1. The summed E-state index contributed by atoms with van der Waals surface area (Å²) < 4.78 is 0. The van der Waals surface area contributed by atoms with Gasteiger partial charge in [0, 0.05) is 18.0 Å². The van der Waals surface area contributed by atoms with E-state index in [1.54, 1.807) is 6.20 Å². The fourth-order valence-electron chi connectivity index (χ4n) is 5.22. The second-order valence-corrected chi connectivity index (χ2v) is 9.79. The monoisotopic (exact) mass is 480 g/mol. The zero-order valence-corrected chi connectivity index (χ0v) is 21.9. The van der Waals surface area contributed by atoms with Crippen molar-refractivity contribution in [3.8, 4) is 0 Å². The number of benzene rings is 1. The van der Waals surface area contributed by atoms with Gasteiger partial charge in [-0.25, -0.2) is 9.98 Å². The summed E-state index contributed by atoms with van der Waals surface area (Å²) in [5, 5.41) is 4.70. The number of pyridine rings is 1. The van der Waals surface area contributed by atoms with Crippen LogP contribution in [0.3, 0.4) is 0 Å². The molecule has 0 bridgehead atoms. The van der Waals surface area contributed by atoms with Crippen LogP contribution in [0.25, 0.3) is 5.70 Å². The maximum Gasteiger partial charge on any atom is 0.163 e. The molecule has 4 rings (SSSR count). The smallest absolute Gasteiger partial charge is 0.163 e. The summed E-state index contributed by atoms with van der Waals surface area (Å²) in [7, 11) is 0. The quantitative estimate of drug-likeness (QED) is 0.273. The van der Waals surface area contributed by atoms with Gasteiger partial charge in [-0.3, -0.25) is 0 Å². The van der Waals surface area contributed by atoms with Gasteiger partial charge in [0.05, 0.1) is 23.5 Å². The van der Waals surface area contributed by atoms with Crippen molar-refractivity contribution in [2.24, 2.45) is 15.6 Å². The molecule has 0 N–H and O–H groups in total. The van der Waals surface area contributed by atoms with Crippen LogP contribution in [0.4, 0.5) is 5.82 Å². The molecular weight excluding hydrogens is 444 g/mol. The van der Waals surface area contributed by atoms with Crippen molar-refractivity contribution < 1.29 is 4.84 Å². The number of aliphatic imine (C=N–C) groups is 1. The molecule has 36 heavy (non-hydrogen) atoms. The normalized spacial score (nSPS) is 17.5. The number of allylic oxidation sites excluding steroid dienone is 2. The highest BCUT2D eigenvalue weighted by molar-refractivity contribution is 5.96. The van der Waals surface area contributed by atoms with Crippen LogP contribution in [0.5, 0.6) is 0 Å². The van der Waals surface area contributed by atoms with Gasteiger partial charge in [0.2, 0.25) is 0 Å². The average molecular weight is 481 g/mol. The Labute approximate surface area is 215 Å². The average Bonchev–Trinajstić information content (AvgIpc) is 2.89. The summed E-state index contributed by atoms with van der Waals surface area (Å²) in [6.45, 7) is 17.1. The maximum absolute atomic E-state index is 6.02. The van der Waals surface area contributed by atoms with Gasteiger partial charge in [-0.2, -0.15) is 0 Å². The minimum atomic E-state index is -0.0899. The third kappa shape index (κ3) is 5.12.